The molecule has 0 aliphatic heterocycles. The highest BCUT2D eigenvalue weighted by Gasteiger charge is 2.05. The van der Waals surface area contributed by atoms with E-state index in [1.165, 1.54) is 6.26 Å². The topological polar surface area (TPSA) is 78.0 Å². The Bertz CT molecular complexity index is 369. The Morgan fingerprint density at radius 1 is 1.62 bits per heavy atom. The van der Waals surface area contributed by atoms with Gasteiger partial charge in [0, 0.05) is 25.2 Å². The quantitative estimate of drug-likeness (QED) is 0.708. The summed E-state index contributed by atoms with van der Waals surface area (Å²) >= 11 is 0. The third kappa shape index (κ3) is 3.16. The SMILES string of the molecule is CS(=O)(=O)CCn1ccnc1CN. The zero-order chi connectivity index (χ0) is 9.90. The lowest BCUT2D eigenvalue weighted by molar-refractivity contribution is 0.592. The minimum atomic E-state index is -2.91. The summed E-state index contributed by atoms with van der Waals surface area (Å²) in [4.78, 5) is 3.98. The largest absolute Gasteiger partial charge is 0.333 e. The maximum Gasteiger partial charge on any atom is 0.149 e. The number of nitrogens with two attached hydrogens (primary N) is 1. The molecule has 0 spiro atoms. The Kier molecular flexibility index (Phi) is 3.05. The summed E-state index contributed by atoms with van der Waals surface area (Å²) in [5, 5.41) is 0. The molecular formula is C7H13N3O2S. The average Bonchev–Trinajstić information content (AvgIpc) is 2.46. The Morgan fingerprint density at radius 2 is 2.31 bits per heavy atom. The highest BCUT2D eigenvalue weighted by atomic mass is 32.2. The van der Waals surface area contributed by atoms with Crippen LogP contribution in [0.5, 0.6) is 0 Å². The van der Waals surface area contributed by atoms with E-state index in [0.29, 0.717) is 18.9 Å². The van der Waals surface area contributed by atoms with Crippen molar-refractivity contribution in [3.05, 3.63) is 18.2 Å². The molecule has 0 unspecified atom stereocenters. The Morgan fingerprint density at radius 3 is 2.85 bits per heavy atom. The summed E-state index contributed by atoms with van der Waals surface area (Å²) in [5.74, 6) is 0.833. The minimum absolute atomic E-state index is 0.121. The van der Waals surface area contributed by atoms with Crippen molar-refractivity contribution < 1.29 is 8.42 Å². The van der Waals surface area contributed by atoms with Crippen molar-refractivity contribution in [3.63, 3.8) is 0 Å². The van der Waals surface area contributed by atoms with E-state index in [0.717, 1.165) is 0 Å². The zero-order valence-electron chi connectivity index (χ0n) is 7.47. The van der Waals surface area contributed by atoms with E-state index in [9.17, 15) is 8.42 Å². The van der Waals surface area contributed by atoms with Gasteiger partial charge in [0.25, 0.3) is 0 Å². The molecule has 1 rings (SSSR count). The normalized spacial score (nSPS) is 11.8. The van der Waals surface area contributed by atoms with Crippen molar-refractivity contribution in [2.45, 2.75) is 13.1 Å². The van der Waals surface area contributed by atoms with Gasteiger partial charge >= 0.3 is 0 Å². The number of rotatable bonds is 4. The molecule has 0 aliphatic rings. The van der Waals surface area contributed by atoms with E-state index in [1.54, 1.807) is 17.0 Å². The van der Waals surface area contributed by atoms with Crippen molar-refractivity contribution in [1.29, 1.82) is 0 Å². The predicted molar refractivity (Wildman–Crippen MR) is 49.8 cm³/mol. The van der Waals surface area contributed by atoms with Gasteiger partial charge in [0.05, 0.1) is 12.3 Å². The van der Waals surface area contributed by atoms with Gasteiger partial charge in [0.15, 0.2) is 0 Å². The van der Waals surface area contributed by atoms with Crippen LogP contribution in [0.3, 0.4) is 0 Å². The molecule has 0 amide bonds. The fourth-order valence-electron chi connectivity index (χ4n) is 0.998. The van der Waals surface area contributed by atoms with E-state index < -0.39 is 9.84 Å². The number of aryl methyl sites for hydroxylation is 1. The van der Waals surface area contributed by atoms with E-state index in [2.05, 4.69) is 4.98 Å². The van der Waals surface area contributed by atoms with Gasteiger partial charge in [-0.1, -0.05) is 0 Å². The van der Waals surface area contributed by atoms with E-state index >= 15 is 0 Å². The van der Waals surface area contributed by atoms with Crippen LogP contribution in [0.4, 0.5) is 0 Å². The highest BCUT2D eigenvalue weighted by molar-refractivity contribution is 7.90. The molecule has 1 aromatic heterocycles. The predicted octanol–water partition coefficient (Wildman–Crippen LogP) is -0.614. The van der Waals surface area contributed by atoms with E-state index in [1.807, 2.05) is 0 Å². The minimum Gasteiger partial charge on any atom is -0.333 e. The molecule has 6 heteroatoms. The number of aromatic nitrogens is 2. The van der Waals surface area contributed by atoms with Crippen LogP contribution in [0.15, 0.2) is 12.4 Å². The van der Waals surface area contributed by atoms with Crippen molar-refractivity contribution in [1.82, 2.24) is 9.55 Å². The Balaban J connectivity index is 2.64. The smallest absolute Gasteiger partial charge is 0.149 e. The molecule has 2 N–H and O–H groups in total. The van der Waals surface area contributed by atoms with Crippen LogP contribution >= 0.6 is 0 Å². The molecule has 5 nitrogen and oxygen atoms in total. The first kappa shape index (κ1) is 10.2. The second kappa shape index (κ2) is 3.89. The molecule has 13 heavy (non-hydrogen) atoms. The number of hydrogen-bond donors (Lipinski definition) is 1. The lowest BCUT2D eigenvalue weighted by Gasteiger charge is -2.04. The maximum absolute atomic E-state index is 10.9. The van der Waals surface area contributed by atoms with Crippen molar-refractivity contribution >= 4 is 9.84 Å². The zero-order valence-corrected chi connectivity index (χ0v) is 8.29. The van der Waals surface area contributed by atoms with Crippen LogP contribution in [0.2, 0.25) is 0 Å². The third-order valence-corrected chi connectivity index (χ3v) is 2.61. The molecule has 0 saturated carbocycles. The van der Waals surface area contributed by atoms with Crippen molar-refractivity contribution in [3.8, 4) is 0 Å². The molecule has 0 fully saturated rings. The summed E-state index contributed by atoms with van der Waals surface area (Å²) in [5.41, 5.74) is 5.40. The Labute approximate surface area is 77.5 Å². The van der Waals surface area contributed by atoms with Gasteiger partial charge in [-0.3, -0.25) is 0 Å². The maximum atomic E-state index is 10.9. The molecule has 74 valence electrons. The van der Waals surface area contributed by atoms with Crippen LogP contribution in [-0.4, -0.2) is 30.0 Å². The fourth-order valence-corrected chi connectivity index (χ4v) is 1.53. The lowest BCUT2D eigenvalue weighted by Crippen LogP contribution is -2.14. The van der Waals surface area contributed by atoms with Crippen LogP contribution < -0.4 is 5.73 Å². The summed E-state index contributed by atoms with van der Waals surface area (Å²) in [7, 11) is -2.91. The molecule has 0 aromatic carbocycles. The number of nitrogens with zero attached hydrogens (tertiary/aromatic N) is 2. The molecule has 0 radical (unpaired) electrons. The highest BCUT2D eigenvalue weighted by Crippen LogP contribution is 1.97. The molecule has 0 saturated heterocycles. The van der Waals surface area contributed by atoms with Crippen LogP contribution in [0.1, 0.15) is 5.82 Å². The monoisotopic (exact) mass is 203 g/mol. The standard InChI is InChI=1S/C7H13N3O2S/c1-13(11,12)5-4-10-3-2-9-7(10)6-8/h2-3H,4-6,8H2,1H3. The van der Waals surface area contributed by atoms with Crippen LogP contribution in [-0.2, 0) is 22.9 Å². The van der Waals surface area contributed by atoms with Crippen LogP contribution in [0.25, 0.3) is 0 Å². The van der Waals surface area contributed by atoms with Gasteiger partial charge in [-0.05, 0) is 0 Å². The summed E-state index contributed by atoms with van der Waals surface area (Å²) in [6, 6.07) is 0. The van der Waals surface area contributed by atoms with Gasteiger partial charge in [-0.25, -0.2) is 13.4 Å². The number of hydrogen-bond acceptors (Lipinski definition) is 4. The van der Waals surface area contributed by atoms with E-state index in [4.69, 9.17) is 5.73 Å². The van der Waals surface area contributed by atoms with Crippen molar-refractivity contribution in [2.75, 3.05) is 12.0 Å². The molecule has 0 atom stereocenters. The first-order valence-corrected chi connectivity index (χ1v) is 5.97. The molecule has 1 heterocycles. The second-order valence-electron chi connectivity index (χ2n) is 2.87. The molecule has 0 aliphatic carbocycles. The second-order valence-corrected chi connectivity index (χ2v) is 5.13. The van der Waals surface area contributed by atoms with Crippen LogP contribution in [0, 0.1) is 0 Å². The van der Waals surface area contributed by atoms with Crippen molar-refractivity contribution in [2.24, 2.45) is 5.73 Å². The first-order chi connectivity index (χ1) is 6.03. The molecule has 1 aromatic rings. The Hall–Kier alpha value is -0.880. The number of sulfone groups is 1. The molecular weight excluding hydrogens is 190 g/mol. The fraction of sp³-hybridized carbons (Fsp3) is 0.571. The first-order valence-electron chi connectivity index (χ1n) is 3.91. The van der Waals surface area contributed by atoms with Gasteiger partial charge in [0.1, 0.15) is 15.7 Å². The molecule has 0 bridgehead atoms. The summed E-state index contributed by atoms with van der Waals surface area (Å²) in [6.07, 6.45) is 4.56. The average molecular weight is 203 g/mol. The van der Waals surface area contributed by atoms with Gasteiger partial charge in [0.2, 0.25) is 0 Å². The third-order valence-electron chi connectivity index (χ3n) is 1.69. The summed E-state index contributed by atoms with van der Waals surface area (Å²) < 4.78 is 23.5. The van der Waals surface area contributed by atoms with Gasteiger partial charge < -0.3 is 10.3 Å². The van der Waals surface area contributed by atoms with Gasteiger partial charge in [-0.2, -0.15) is 0 Å². The van der Waals surface area contributed by atoms with E-state index in [-0.39, 0.29) is 5.75 Å². The van der Waals surface area contributed by atoms with Gasteiger partial charge in [-0.15, -0.1) is 0 Å². The summed E-state index contributed by atoms with van der Waals surface area (Å²) in [6.45, 7) is 0.752. The number of imidazole rings is 1. The lowest BCUT2D eigenvalue weighted by atomic mass is 10.6.